The molecule has 132 valence electrons. The minimum atomic E-state index is -0.830. The first kappa shape index (κ1) is 18.6. The van der Waals surface area contributed by atoms with Crippen LogP contribution < -0.4 is 5.32 Å². The number of ether oxygens (including phenoxy) is 1. The maximum Gasteiger partial charge on any atom is 0.307 e. The van der Waals surface area contributed by atoms with E-state index in [0.717, 1.165) is 19.3 Å². The van der Waals surface area contributed by atoms with Gasteiger partial charge in [0.1, 0.15) is 0 Å². The lowest BCUT2D eigenvalue weighted by Crippen LogP contribution is -2.46. The van der Waals surface area contributed by atoms with Gasteiger partial charge in [-0.25, -0.2) is 0 Å². The van der Waals surface area contributed by atoms with E-state index >= 15 is 0 Å². The van der Waals surface area contributed by atoms with Crippen LogP contribution in [0, 0.1) is 5.92 Å². The molecule has 24 heavy (non-hydrogen) atoms. The van der Waals surface area contributed by atoms with Gasteiger partial charge in [-0.05, 0) is 37.1 Å². The van der Waals surface area contributed by atoms with Gasteiger partial charge in [0.15, 0.2) is 11.9 Å². The Kier molecular flexibility index (Phi) is 6.97. The molecule has 1 aromatic heterocycles. The maximum atomic E-state index is 12.2. The van der Waals surface area contributed by atoms with Gasteiger partial charge in [0.05, 0.1) is 11.3 Å². The molecule has 1 aromatic rings. The van der Waals surface area contributed by atoms with Gasteiger partial charge in [-0.3, -0.25) is 14.4 Å². The first-order chi connectivity index (χ1) is 11.5. The lowest BCUT2D eigenvalue weighted by molar-refractivity contribution is -0.155. The average Bonchev–Trinajstić information content (AvgIpc) is 3.09. The highest BCUT2D eigenvalue weighted by Gasteiger charge is 2.26. The third-order valence-corrected chi connectivity index (χ3v) is 5.38. The molecule has 1 heterocycles. The van der Waals surface area contributed by atoms with Crippen molar-refractivity contribution in [3.63, 3.8) is 0 Å². The standard InChI is InChI=1S/C18H25NO4S/c1-12-6-3-4-7-14(12)19-18(22)13(2)23-17(21)10-9-15(20)16-8-5-11-24-16/h5,8,11-14H,3-4,6-7,9-10H2,1-2H3,(H,19,22)/t12-,13+,14+/m1/s1. The molecule has 0 radical (unpaired) electrons. The van der Waals surface area contributed by atoms with Crippen LogP contribution in [0.15, 0.2) is 17.5 Å². The normalized spacial score (nSPS) is 21.8. The number of amides is 1. The molecule has 6 heteroatoms. The van der Waals surface area contributed by atoms with E-state index in [1.165, 1.54) is 17.8 Å². The number of rotatable bonds is 7. The summed E-state index contributed by atoms with van der Waals surface area (Å²) in [6.07, 6.45) is 3.68. The van der Waals surface area contributed by atoms with Crippen molar-refractivity contribution in [2.75, 3.05) is 0 Å². The molecule has 1 amide bonds. The first-order valence-electron chi connectivity index (χ1n) is 8.54. The zero-order valence-corrected chi connectivity index (χ0v) is 15.1. The molecule has 0 spiro atoms. The van der Waals surface area contributed by atoms with E-state index in [4.69, 9.17) is 4.74 Å². The molecular weight excluding hydrogens is 326 g/mol. The molecule has 1 fully saturated rings. The summed E-state index contributed by atoms with van der Waals surface area (Å²) in [7, 11) is 0. The largest absolute Gasteiger partial charge is 0.453 e. The van der Waals surface area contributed by atoms with Crippen LogP contribution in [0.4, 0.5) is 0 Å². The molecule has 5 nitrogen and oxygen atoms in total. The van der Waals surface area contributed by atoms with Gasteiger partial charge in [0.2, 0.25) is 0 Å². The van der Waals surface area contributed by atoms with E-state index in [-0.39, 0.29) is 30.6 Å². The Hall–Kier alpha value is -1.69. The van der Waals surface area contributed by atoms with Crippen molar-refractivity contribution in [2.45, 2.75) is 64.5 Å². The summed E-state index contributed by atoms with van der Waals surface area (Å²) in [5.41, 5.74) is 0. The van der Waals surface area contributed by atoms with Crippen LogP contribution in [0.1, 0.15) is 62.0 Å². The van der Waals surface area contributed by atoms with Crippen LogP contribution in [0.5, 0.6) is 0 Å². The Bertz CT molecular complexity index is 570. The molecule has 0 bridgehead atoms. The monoisotopic (exact) mass is 351 g/mol. The van der Waals surface area contributed by atoms with Crippen molar-refractivity contribution < 1.29 is 19.1 Å². The van der Waals surface area contributed by atoms with Crippen LogP contribution >= 0.6 is 11.3 Å². The smallest absolute Gasteiger partial charge is 0.307 e. The minimum absolute atomic E-state index is 0.00577. The van der Waals surface area contributed by atoms with E-state index in [0.29, 0.717) is 10.8 Å². The number of carbonyl (C=O) groups is 3. The number of esters is 1. The molecule has 2 rings (SSSR count). The molecule has 0 aromatic carbocycles. The van der Waals surface area contributed by atoms with Crippen molar-refractivity contribution >= 4 is 29.0 Å². The quantitative estimate of drug-likeness (QED) is 0.604. The summed E-state index contributed by atoms with van der Waals surface area (Å²) in [5, 5.41) is 4.80. The van der Waals surface area contributed by atoms with Crippen LogP contribution in [-0.4, -0.2) is 29.8 Å². The molecule has 1 N–H and O–H groups in total. The van der Waals surface area contributed by atoms with Gasteiger partial charge in [0, 0.05) is 12.5 Å². The van der Waals surface area contributed by atoms with Crippen LogP contribution in [-0.2, 0) is 14.3 Å². The number of thiophene rings is 1. The van der Waals surface area contributed by atoms with Crippen molar-refractivity contribution in [3.05, 3.63) is 22.4 Å². The number of ketones is 1. The van der Waals surface area contributed by atoms with Crippen molar-refractivity contribution in [1.29, 1.82) is 0 Å². The highest BCUT2D eigenvalue weighted by Crippen LogP contribution is 2.23. The number of nitrogens with one attached hydrogen (secondary N) is 1. The number of carbonyl (C=O) groups excluding carboxylic acids is 3. The van der Waals surface area contributed by atoms with Gasteiger partial charge in [-0.15, -0.1) is 11.3 Å². The summed E-state index contributed by atoms with van der Waals surface area (Å²) in [4.78, 5) is 36.5. The van der Waals surface area contributed by atoms with E-state index in [1.54, 1.807) is 19.1 Å². The first-order valence-corrected chi connectivity index (χ1v) is 9.42. The zero-order valence-electron chi connectivity index (χ0n) is 14.2. The number of hydrogen-bond donors (Lipinski definition) is 1. The second kappa shape index (κ2) is 8.97. The Morgan fingerprint density at radius 3 is 2.71 bits per heavy atom. The van der Waals surface area contributed by atoms with Crippen molar-refractivity contribution in [3.8, 4) is 0 Å². The molecule has 1 aliphatic carbocycles. The van der Waals surface area contributed by atoms with Crippen molar-refractivity contribution in [2.24, 2.45) is 5.92 Å². The molecule has 0 unspecified atom stereocenters. The van der Waals surface area contributed by atoms with Gasteiger partial charge >= 0.3 is 5.97 Å². The van der Waals surface area contributed by atoms with Gasteiger partial charge in [0.25, 0.3) is 5.91 Å². The highest BCUT2D eigenvalue weighted by atomic mass is 32.1. The third-order valence-electron chi connectivity index (χ3n) is 4.47. The Morgan fingerprint density at radius 1 is 1.29 bits per heavy atom. The number of Topliss-reactive ketones (excluding diaryl/α,β-unsaturated/α-hetero) is 1. The second-order valence-corrected chi connectivity index (χ2v) is 7.36. The van der Waals surface area contributed by atoms with Gasteiger partial charge < -0.3 is 10.1 Å². The fraction of sp³-hybridized carbons (Fsp3) is 0.611. The summed E-state index contributed by atoms with van der Waals surface area (Å²) in [6, 6.07) is 3.70. The van der Waals surface area contributed by atoms with E-state index in [2.05, 4.69) is 12.2 Å². The zero-order chi connectivity index (χ0) is 17.5. The molecule has 1 saturated carbocycles. The maximum absolute atomic E-state index is 12.2. The average molecular weight is 351 g/mol. The molecule has 1 aliphatic rings. The lowest BCUT2D eigenvalue weighted by Gasteiger charge is -2.30. The summed E-state index contributed by atoms with van der Waals surface area (Å²) < 4.78 is 5.16. The molecular formula is C18H25NO4S. The third kappa shape index (κ3) is 5.44. The predicted molar refractivity (Wildman–Crippen MR) is 93.0 cm³/mol. The summed E-state index contributed by atoms with van der Waals surface area (Å²) >= 11 is 1.36. The van der Waals surface area contributed by atoms with Crippen LogP contribution in [0.25, 0.3) is 0 Å². The number of hydrogen-bond acceptors (Lipinski definition) is 5. The fourth-order valence-electron chi connectivity index (χ4n) is 2.92. The summed E-state index contributed by atoms with van der Waals surface area (Å²) in [6.45, 7) is 3.71. The summed E-state index contributed by atoms with van der Waals surface area (Å²) in [5.74, 6) is -0.393. The molecule has 3 atom stereocenters. The SMILES string of the molecule is C[C@H](OC(=O)CCC(=O)c1cccs1)C(=O)N[C@H]1CCCC[C@H]1C. The fourth-order valence-corrected chi connectivity index (χ4v) is 3.61. The van der Waals surface area contributed by atoms with Gasteiger partial charge in [-0.2, -0.15) is 0 Å². The molecule has 0 aliphatic heterocycles. The minimum Gasteiger partial charge on any atom is -0.453 e. The highest BCUT2D eigenvalue weighted by molar-refractivity contribution is 7.12. The van der Waals surface area contributed by atoms with E-state index < -0.39 is 12.1 Å². The Morgan fingerprint density at radius 2 is 2.04 bits per heavy atom. The van der Waals surface area contributed by atoms with E-state index in [9.17, 15) is 14.4 Å². The Labute approximate surface area is 146 Å². The second-order valence-electron chi connectivity index (χ2n) is 6.41. The Balaban J connectivity index is 1.72. The predicted octanol–water partition coefficient (Wildman–Crippen LogP) is 3.34. The van der Waals surface area contributed by atoms with Crippen LogP contribution in [0.3, 0.4) is 0 Å². The van der Waals surface area contributed by atoms with Gasteiger partial charge in [-0.1, -0.05) is 25.8 Å². The lowest BCUT2D eigenvalue weighted by atomic mass is 9.86. The van der Waals surface area contributed by atoms with E-state index in [1.807, 2.05) is 5.38 Å². The topological polar surface area (TPSA) is 72.5 Å². The molecule has 0 saturated heterocycles. The van der Waals surface area contributed by atoms with Crippen molar-refractivity contribution in [1.82, 2.24) is 5.32 Å². The van der Waals surface area contributed by atoms with Crippen LogP contribution in [0.2, 0.25) is 0 Å².